The highest BCUT2D eigenvalue weighted by Gasteiger charge is 2.14. The highest BCUT2D eigenvalue weighted by atomic mass is 32.2. The van der Waals surface area contributed by atoms with Gasteiger partial charge in [-0.3, -0.25) is 9.59 Å². The van der Waals surface area contributed by atoms with Gasteiger partial charge in [0.1, 0.15) is 15.7 Å². The molecule has 2 N–H and O–H groups in total. The number of hydrogen-bond acceptors (Lipinski definition) is 8. The predicted molar refractivity (Wildman–Crippen MR) is 131 cm³/mol. The zero-order chi connectivity index (χ0) is 22.5. The number of nitrogens with one attached hydrogen (secondary N) is 2. The van der Waals surface area contributed by atoms with Crippen molar-refractivity contribution in [1.29, 1.82) is 0 Å². The Bertz CT molecular complexity index is 1240. The van der Waals surface area contributed by atoms with E-state index in [1.165, 1.54) is 18.7 Å². The number of thiophene rings is 1. The lowest BCUT2D eigenvalue weighted by Gasteiger charge is -2.07. The van der Waals surface area contributed by atoms with Crippen LogP contribution in [0.2, 0.25) is 0 Å². The number of nitrogens with zero attached hydrogens (tertiary/aromatic N) is 3. The van der Waals surface area contributed by atoms with Crippen molar-refractivity contribution in [2.75, 3.05) is 16.4 Å². The van der Waals surface area contributed by atoms with Gasteiger partial charge in [-0.15, -0.1) is 32.9 Å². The number of hydrogen-bond donors (Lipinski definition) is 2. The Balaban J connectivity index is 1.35. The van der Waals surface area contributed by atoms with E-state index in [-0.39, 0.29) is 17.6 Å². The molecule has 4 aromatic rings. The summed E-state index contributed by atoms with van der Waals surface area (Å²) in [5.41, 5.74) is 2.94. The van der Waals surface area contributed by atoms with Crippen LogP contribution in [-0.2, 0) is 9.59 Å². The Hall–Kier alpha value is -3.08. The number of rotatable bonds is 7. The number of anilines is 2. The van der Waals surface area contributed by atoms with Crippen LogP contribution in [-0.4, -0.2) is 32.7 Å². The average Bonchev–Trinajstić information content (AvgIpc) is 3.42. The molecular weight excluding hydrogens is 462 g/mol. The molecule has 162 valence electrons. The van der Waals surface area contributed by atoms with Gasteiger partial charge in [0.05, 0.1) is 21.2 Å². The van der Waals surface area contributed by atoms with Gasteiger partial charge in [0.25, 0.3) is 0 Å². The van der Waals surface area contributed by atoms with Gasteiger partial charge >= 0.3 is 0 Å². The van der Waals surface area contributed by atoms with E-state index in [0.29, 0.717) is 16.4 Å². The molecule has 0 saturated heterocycles. The molecule has 0 aliphatic heterocycles. The van der Waals surface area contributed by atoms with Crippen LogP contribution in [0.4, 0.5) is 11.4 Å². The molecule has 0 unspecified atom stereocenters. The summed E-state index contributed by atoms with van der Waals surface area (Å²) in [5.74, 6) is -0.136. The lowest BCUT2D eigenvalue weighted by atomic mass is 10.2. The Labute approximate surface area is 197 Å². The Morgan fingerprint density at radius 2 is 1.84 bits per heavy atom. The largest absolute Gasteiger partial charge is 0.326 e. The maximum atomic E-state index is 12.3. The minimum absolute atomic E-state index is 0.165. The Morgan fingerprint density at radius 3 is 2.53 bits per heavy atom. The minimum atomic E-state index is -0.167. The van der Waals surface area contributed by atoms with E-state index in [2.05, 4.69) is 31.9 Å². The Kier molecular flexibility index (Phi) is 6.93. The zero-order valence-corrected chi connectivity index (χ0v) is 19.7. The van der Waals surface area contributed by atoms with E-state index >= 15 is 0 Å². The zero-order valence-electron chi connectivity index (χ0n) is 17.3. The summed E-state index contributed by atoms with van der Waals surface area (Å²) in [6, 6.07) is 14.8. The first-order chi connectivity index (χ1) is 15.5. The number of thiazole rings is 1. The van der Waals surface area contributed by atoms with Crippen molar-refractivity contribution in [3.8, 4) is 20.5 Å². The second-order valence-electron chi connectivity index (χ2n) is 6.77. The lowest BCUT2D eigenvalue weighted by Crippen LogP contribution is -2.14. The fourth-order valence-corrected chi connectivity index (χ4v) is 5.31. The number of thioether (sulfide) groups is 1. The van der Waals surface area contributed by atoms with Crippen molar-refractivity contribution in [3.63, 3.8) is 0 Å². The minimum Gasteiger partial charge on any atom is -0.326 e. The molecule has 0 bridgehead atoms. The fourth-order valence-electron chi connectivity index (χ4n) is 2.87. The third kappa shape index (κ3) is 5.58. The standard InChI is InChI=1S/C22H19N5O2S3/c1-13-21(32-22(23-13)18-7-4-10-30-18)17-8-9-20(27-26-17)31-12-19(29)25-16-6-3-5-15(11-16)24-14(2)28/h3-11H,12H2,1-2H3,(H,24,28)(H,25,29). The van der Waals surface area contributed by atoms with Crippen LogP contribution in [0.1, 0.15) is 12.6 Å². The van der Waals surface area contributed by atoms with Crippen LogP contribution in [0.5, 0.6) is 0 Å². The van der Waals surface area contributed by atoms with E-state index in [1.807, 2.05) is 30.5 Å². The van der Waals surface area contributed by atoms with E-state index in [0.717, 1.165) is 26.1 Å². The summed E-state index contributed by atoms with van der Waals surface area (Å²) in [6.45, 7) is 3.41. The van der Waals surface area contributed by atoms with Gasteiger partial charge in [0, 0.05) is 18.3 Å². The number of benzene rings is 1. The molecule has 0 saturated carbocycles. The monoisotopic (exact) mass is 481 g/mol. The van der Waals surface area contributed by atoms with Crippen molar-refractivity contribution in [3.05, 3.63) is 59.6 Å². The highest BCUT2D eigenvalue weighted by molar-refractivity contribution is 7.99. The van der Waals surface area contributed by atoms with Gasteiger partial charge in [-0.1, -0.05) is 23.9 Å². The van der Waals surface area contributed by atoms with Gasteiger partial charge in [-0.2, -0.15) is 0 Å². The summed E-state index contributed by atoms with van der Waals surface area (Å²) < 4.78 is 0. The van der Waals surface area contributed by atoms with Crippen molar-refractivity contribution in [2.45, 2.75) is 18.9 Å². The average molecular weight is 482 g/mol. The molecule has 0 atom stereocenters. The van der Waals surface area contributed by atoms with Gasteiger partial charge in [0.2, 0.25) is 11.8 Å². The lowest BCUT2D eigenvalue weighted by molar-refractivity contribution is -0.114. The first-order valence-electron chi connectivity index (χ1n) is 9.63. The van der Waals surface area contributed by atoms with Gasteiger partial charge in [0.15, 0.2) is 0 Å². The SMILES string of the molecule is CC(=O)Nc1cccc(NC(=O)CSc2ccc(-c3sc(-c4cccs4)nc3C)nn2)c1. The molecule has 0 aliphatic rings. The number of amides is 2. The molecule has 32 heavy (non-hydrogen) atoms. The van der Waals surface area contributed by atoms with Gasteiger partial charge in [-0.25, -0.2) is 4.98 Å². The van der Waals surface area contributed by atoms with Crippen LogP contribution in [0.15, 0.2) is 58.9 Å². The smallest absolute Gasteiger partial charge is 0.234 e. The third-order valence-electron chi connectivity index (χ3n) is 4.22. The number of aromatic nitrogens is 3. The topological polar surface area (TPSA) is 96.9 Å². The second kappa shape index (κ2) is 10.0. The molecule has 4 rings (SSSR count). The molecule has 0 fully saturated rings. The molecule has 10 heteroatoms. The van der Waals surface area contributed by atoms with E-state index in [4.69, 9.17) is 0 Å². The van der Waals surface area contributed by atoms with Crippen LogP contribution < -0.4 is 10.6 Å². The first-order valence-corrected chi connectivity index (χ1v) is 12.3. The quantitative estimate of drug-likeness (QED) is 0.347. The molecule has 7 nitrogen and oxygen atoms in total. The maximum Gasteiger partial charge on any atom is 0.234 e. The highest BCUT2D eigenvalue weighted by Crippen LogP contribution is 2.36. The van der Waals surface area contributed by atoms with E-state index in [1.54, 1.807) is 46.9 Å². The molecule has 0 spiro atoms. The predicted octanol–water partition coefficient (Wildman–Crippen LogP) is 5.33. The van der Waals surface area contributed by atoms with Crippen LogP contribution in [0.25, 0.3) is 20.5 Å². The summed E-state index contributed by atoms with van der Waals surface area (Å²) in [7, 11) is 0. The molecule has 0 aliphatic carbocycles. The number of aryl methyl sites for hydroxylation is 1. The van der Waals surface area contributed by atoms with Crippen molar-refractivity contribution in [1.82, 2.24) is 15.2 Å². The summed E-state index contributed by atoms with van der Waals surface area (Å²) >= 11 is 4.57. The van der Waals surface area contributed by atoms with Crippen LogP contribution in [0, 0.1) is 6.92 Å². The molecule has 2 amide bonds. The Morgan fingerprint density at radius 1 is 1.03 bits per heavy atom. The molecule has 0 radical (unpaired) electrons. The normalized spacial score (nSPS) is 10.7. The van der Waals surface area contributed by atoms with Gasteiger partial charge in [-0.05, 0) is 48.7 Å². The van der Waals surface area contributed by atoms with Crippen LogP contribution in [0.3, 0.4) is 0 Å². The van der Waals surface area contributed by atoms with Gasteiger partial charge < -0.3 is 10.6 Å². The van der Waals surface area contributed by atoms with Crippen molar-refractivity contribution < 1.29 is 9.59 Å². The molecule has 3 heterocycles. The van der Waals surface area contributed by atoms with Crippen molar-refractivity contribution >= 4 is 57.6 Å². The fraction of sp³-hybridized carbons (Fsp3) is 0.136. The number of carbonyl (C=O) groups is 2. The molecule has 3 aromatic heterocycles. The van der Waals surface area contributed by atoms with E-state index in [9.17, 15) is 9.59 Å². The maximum absolute atomic E-state index is 12.3. The number of carbonyl (C=O) groups excluding carboxylic acids is 2. The molecule has 1 aromatic carbocycles. The third-order valence-corrected chi connectivity index (χ3v) is 7.36. The van der Waals surface area contributed by atoms with Crippen LogP contribution >= 0.6 is 34.4 Å². The van der Waals surface area contributed by atoms with E-state index < -0.39 is 0 Å². The first kappa shape index (κ1) is 22.1. The summed E-state index contributed by atoms with van der Waals surface area (Å²) in [6.07, 6.45) is 0. The molecular formula is C22H19N5O2S3. The second-order valence-corrected chi connectivity index (χ2v) is 9.71. The summed E-state index contributed by atoms with van der Waals surface area (Å²) in [5, 5.41) is 17.8. The van der Waals surface area contributed by atoms with Crippen molar-refractivity contribution in [2.24, 2.45) is 0 Å². The summed E-state index contributed by atoms with van der Waals surface area (Å²) in [4.78, 5) is 30.3.